The number of hydrogen-bond donors (Lipinski definition) is 3. The highest BCUT2D eigenvalue weighted by atomic mass is 127. The van der Waals surface area contributed by atoms with Crippen molar-refractivity contribution in [2.45, 2.75) is 11.4 Å². The van der Waals surface area contributed by atoms with E-state index in [1.807, 2.05) is 6.92 Å². The van der Waals surface area contributed by atoms with Gasteiger partial charge in [0.1, 0.15) is 5.82 Å². The van der Waals surface area contributed by atoms with Gasteiger partial charge < -0.3 is 14.2 Å². The Kier molecular flexibility index (Phi) is 3.81. The number of nitrogens with one attached hydrogen (secondary N) is 2. The Balaban J connectivity index is 3.12. The summed E-state index contributed by atoms with van der Waals surface area (Å²) in [5.74, 6) is 0.731. The molecule has 1 aromatic heterocycles. The topological polar surface area (TPSA) is 53.8 Å². The number of aryl methyl sites for hydroxylation is 1. The monoisotopic (exact) mass is 391 g/mol. The van der Waals surface area contributed by atoms with Crippen LogP contribution < -0.4 is 9.26 Å². The molecular formula is C7H11I2N3. The van der Waals surface area contributed by atoms with Crippen LogP contribution in [0.2, 0.25) is 0 Å². The molecule has 1 aromatic rings. The average Bonchev–Trinajstić information content (AvgIpc) is 2.28. The molecule has 0 saturated heterocycles. The molecule has 0 aliphatic rings. The molecule has 0 fully saturated rings. The van der Waals surface area contributed by atoms with Crippen LogP contribution in [0.25, 0.3) is 0 Å². The van der Waals surface area contributed by atoms with Gasteiger partial charge in [0.25, 0.3) is 0 Å². The zero-order chi connectivity index (χ0) is 9.14. The summed E-state index contributed by atoms with van der Waals surface area (Å²) in [6.07, 6.45) is 0. The van der Waals surface area contributed by atoms with Crippen LogP contribution >= 0.6 is 43.6 Å². The smallest absolute Gasteiger partial charge is 0.125 e. The van der Waals surface area contributed by atoms with Gasteiger partial charge in [-0.05, 0) is 6.92 Å². The number of halogens is 2. The Labute approximate surface area is 95.7 Å². The van der Waals surface area contributed by atoms with Crippen molar-refractivity contribution in [3.05, 3.63) is 11.3 Å². The first kappa shape index (κ1) is 10.3. The number of H-pyrrole nitrogens is 1. The summed E-state index contributed by atoms with van der Waals surface area (Å²) in [5, 5.41) is 0. The molecule has 0 aliphatic carbocycles. The molecule has 3 nitrogen and oxygen atoms in total. The van der Waals surface area contributed by atoms with E-state index in [0.29, 0.717) is 0 Å². The van der Waals surface area contributed by atoms with Crippen LogP contribution in [-0.4, -0.2) is 9.50 Å². The Morgan fingerprint density at radius 3 is 2.92 bits per heavy atom. The van der Waals surface area contributed by atoms with Gasteiger partial charge in [-0.25, -0.2) is 0 Å². The summed E-state index contributed by atoms with van der Waals surface area (Å²) < 4.78 is 8.08. The Bertz CT molecular complexity index is 293. The molecule has 0 aromatic carbocycles. The summed E-state index contributed by atoms with van der Waals surface area (Å²) in [4.78, 5) is 3.11. The van der Waals surface area contributed by atoms with E-state index < -0.39 is 0 Å². The van der Waals surface area contributed by atoms with Gasteiger partial charge in [0.15, 0.2) is 0 Å². The van der Waals surface area contributed by atoms with Crippen LogP contribution in [0, 0.1) is 6.92 Å². The predicted octanol–water partition coefficient (Wildman–Crippen LogP) is 2.57. The second kappa shape index (κ2) is 4.45. The number of nitrogen functional groups attached to an aromatic ring is 1. The van der Waals surface area contributed by atoms with Crippen molar-refractivity contribution in [2.24, 2.45) is 0 Å². The van der Waals surface area contributed by atoms with Crippen molar-refractivity contribution < 1.29 is 0 Å². The van der Waals surface area contributed by atoms with E-state index in [1.165, 1.54) is 5.56 Å². The molecule has 12 heavy (non-hydrogen) atoms. The number of alkyl halides is 1. The zero-order valence-corrected chi connectivity index (χ0v) is 11.1. The fourth-order valence-corrected chi connectivity index (χ4v) is 3.17. The van der Waals surface area contributed by atoms with Crippen molar-refractivity contribution in [3.8, 4) is 0 Å². The predicted molar refractivity (Wildman–Crippen MR) is 72.4 cm³/mol. The minimum absolute atomic E-state index is 0.0336. The van der Waals surface area contributed by atoms with Gasteiger partial charge >= 0.3 is 0 Å². The van der Waals surface area contributed by atoms with Crippen molar-refractivity contribution in [1.82, 2.24) is 4.98 Å². The van der Waals surface area contributed by atoms with Crippen molar-refractivity contribution in [3.63, 3.8) is 0 Å². The molecule has 0 bridgehead atoms. The fourth-order valence-electron chi connectivity index (χ4n) is 1.06. The molecule has 1 rings (SSSR count). The number of hydrogen-bond acceptors (Lipinski definition) is 2. The van der Waals surface area contributed by atoms with Crippen LogP contribution in [-0.2, 0) is 4.43 Å². The van der Waals surface area contributed by atoms with Crippen molar-refractivity contribution >= 4 is 59.6 Å². The first-order chi connectivity index (χ1) is 5.70. The molecule has 0 atom stereocenters. The molecule has 1 heterocycles. The zero-order valence-electron chi connectivity index (χ0n) is 6.75. The molecule has 0 aliphatic heterocycles. The summed E-state index contributed by atoms with van der Waals surface area (Å²) >= 11 is 2.13. The van der Waals surface area contributed by atoms with Gasteiger partial charge in [0, 0.05) is 15.7 Å². The molecule has 0 spiro atoms. The Morgan fingerprint density at radius 1 is 1.75 bits per heavy atom. The first-order valence-corrected chi connectivity index (χ1v) is 7.50. The molecule has 0 saturated carbocycles. The number of aromatic nitrogens is 1. The largest absolute Gasteiger partial charge is 0.384 e. The highest BCUT2D eigenvalue weighted by Gasteiger charge is 2.10. The lowest BCUT2D eigenvalue weighted by Crippen LogP contribution is -1.89. The quantitative estimate of drug-likeness (QED) is 0.422. The third kappa shape index (κ3) is 1.93. The average molecular weight is 391 g/mol. The molecule has 5 heteroatoms. The van der Waals surface area contributed by atoms with Gasteiger partial charge in [0.2, 0.25) is 0 Å². The number of rotatable bonds is 3. The van der Waals surface area contributed by atoms with E-state index in [0.717, 1.165) is 21.6 Å². The van der Waals surface area contributed by atoms with E-state index in [4.69, 9.17) is 5.73 Å². The van der Waals surface area contributed by atoms with Gasteiger partial charge in [-0.2, -0.15) is 0 Å². The minimum Gasteiger partial charge on any atom is -0.384 e. The Hall–Kier alpha value is 0.210. The maximum atomic E-state index is 5.75. The third-order valence-electron chi connectivity index (χ3n) is 1.67. The van der Waals surface area contributed by atoms with E-state index in [2.05, 4.69) is 35.9 Å². The summed E-state index contributed by atoms with van der Waals surface area (Å²) in [5.41, 5.74) is 9.25. The highest BCUT2D eigenvalue weighted by Crippen LogP contribution is 2.30. The normalized spacial score (nSPS) is 10.2. The van der Waals surface area contributed by atoms with E-state index in [1.54, 1.807) is 0 Å². The molecular weight excluding hydrogens is 380 g/mol. The van der Waals surface area contributed by atoms with E-state index >= 15 is 0 Å². The van der Waals surface area contributed by atoms with Crippen LogP contribution in [0.15, 0.2) is 0 Å². The number of aromatic amines is 1. The standard InChI is InChI=1S/C7H11I2N3/c1-4-5(3-9-2)6(12-8)7(10)11-4/h11-12H,2-3,10H2,1H3. The first-order valence-electron chi connectivity index (χ1n) is 3.37. The number of nitrogens with two attached hydrogens (primary N) is 1. The van der Waals surface area contributed by atoms with Gasteiger partial charge in [-0.1, -0.05) is 4.51 Å². The lowest BCUT2D eigenvalue weighted by Gasteiger charge is -1.99. The van der Waals surface area contributed by atoms with E-state index in [-0.39, 0.29) is 20.7 Å². The lowest BCUT2D eigenvalue weighted by atomic mass is 10.2. The molecule has 0 unspecified atom stereocenters. The van der Waals surface area contributed by atoms with Crippen LogP contribution in [0.1, 0.15) is 11.3 Å². The maximum Gasteiger partial charge on any atom is 0.125 e. The SMILES string of the molecule is C=ICc1c(C)[nH]c(N)c1NI. The molecule has 68 valence electrons. The van der Waals surface area contributed by atoms with Gasteiger partial charge in [-0.15, -0.1) is 20.7 Å². The second-order valence-corrected chi connectivity index (χ2v) is 4.82. The molecule has 0 radical (unpaired) electrons. The highest BCUT2D eigenvalue weighted by molar-refractivity contribution is 14.2. The second-order valence-electron chi connectivity index (χ2n) is 2.43. The Morgan fingerprint density at radius 2 is 2.42 bits per heavy atom. The van der Waals surface area contributed by atoms with Crippen molar-refractivity contribution in [1.29, 1.82) is 0 Å². The van der Waals surface area contributed by atoms with Gasteiger partial charge in [0.05, 0.1) is 28.6 Å². The fraction of sp³-hybridized carbons (Fsp3) is 0.286. The van der Waals surface area contributed by atoms with Crippen LogP contribution in [0.5, 0.6) is 0 Å². The van der Waals surface area contributed by atoms with Crippen LogP contribution in [0.3, 0.4) is 0 Å². The summed E-state index contributed by atoms with van der Waals surface area (Å²) in [7, 11) is 0. The third-order valence-corrected chi connectivity index (χ3v) is 3.51. The number of anilines is 2. The minimum atomic E-state index is 0.0336. The molecule has 0 amide bonds. The van der Waals surface area contributed by atoms with Crippen LogP contribution in [0.4, 0.5) is 11.5 Å². The van der Waals surface area contributed by atoms with E-state index in [9.17, 15) is 0 Å². The summed E-state index contributed by atoms with van der Waals surface area (Å²) in [6.45, 7) is 2.04. The maximum absolute atomic E-state index is 5.75. The van der Waals surface area contributed by atoms with Gasteiger partial charge in [-0.3, -0.25) is 0 Å². The summed E-state index contributed by atoms with van der Waals surface area (Å²) in [6, 6.07) is 0. The van der Waals surface area contributed by atoms with Crippen molar-refractivity contribution in [2.75, 3.05) is 9.26 Å². The lowest BCUT2D eigenvalue weighted by molar-refractivity contribution is 1.23. The molecule has 4 N–H and O–H groups in total.